The number of aliphatic hydroxyl groups excluding tert-OH is 1. The molecule has 56 valence electrons. The molecular formula is C7H17NO. The fourth-order valence-corrected chi connectivity index (χ4v) is 0.617. The van der Waals surface area contributed by atoms with Gasteiger partial charge in [-0.25, -0.2) is 0 Å². The Kier molecular flexibility index (Phi) is 5.99. The first-order valence-corrected chi connectivity index (χ1v) is 3.62. The van der Waals surface area contributed by atoms with Crippen LogP contribution in [0.3, 0.4) is 0 Å². The minimum absolute atomic E-state index is 0.311. The number of nitrogens with one attached hydrogen (secondary N) is 1. The number of aliphatic hydroxyl groups is 1. The van der Waals surface area contributed by atoms with Crippen molar-refractivity contribution in [1.82, 2.24) is 5.32 Å². The molecule has 1 unspecified atom stereocenters. The summed E-state index contributed by atoms with van der Waals surface area (Å²) in [5.74, 6) is 0.448. The summed E-state index contributed by atoms with van der Waals surface area (Å²) in [5, 5.41) is 11.8. The first-order valence-electron chi connectivity index (χ1n) is 3.62. The molecule has 0 radical (unpaired) electrons. The van der Waals surface area contributed by atoms with Crippen molar-refractivity contribution in [1.29, 1.82) is 0 Å². The molecule has 0 rings (SSSR count). The van der Waals surface area contributed by atoms with E-state index in [-0.39, 0.29) is 0 Å². The van der Waals surface area contributed by atoms with Crippen LogP contribution in [0, 0.1) is 5.92 Å². The van der Waals surface area contributed by atoms with Gasteiger partial charge in [0.2, 0.25) is 0 Å². The fourth-order valence-electron chi connectivity index (χ4n) is 0.617. The summed E-state index contributed by atoms with van der Waals surface area (Å²) < 4.78 is 0. The smallest absolute Gasteiger partial charge is 0.0457 e. The lowest BCUT2D eigenvalue weighted by molar-refractivity contribution is 0.229. The van der Waals surface area contributed by atoms with E-state index in [4.69, 9.17) is 5.11 Å². The lowest BCUT2D eigenvalue weighted by Crippen LogP contribution is -2.17. The molecule has 0 heterocycles. The van der Waals surface area contributed by atoms with Crippen LogP contribution in [-0.4, -0.2) is 24.8 Å². The predicted molar refractivity (Wildman–Crippen MR) is 39.4 cm³/mol. The van der Waals surface area contributed by atoms with Gasteiger partial charge in [0.05, 0.1) is 0 Å². The van der Waals surface area contributed by atoms with Crippen LogP contribution in [0.5, 0.6) is 0 Å². The van der Waals surface area contributed by atoms with E-state index in [1.54, 1.807) is 0 Å². The summed E-state index contributed by atoms with van der Waals surface area (Å²) in [6, 6.07) is 0. The zero-order valence-corrected chi connectivity index (χ0v) is 6.35. The fraction of sp³-hybridized carbons (Fsp3) is 1.00. The van der Waals surface area contributed by atoms with Crippen LogP contribution < -0.4 is 5.32 Å². The third kappa shape index (κ3) is 5.80. The molecule has 2 N–H and O–H groups in total. The third-order valence-electron chi connectivity index (χ3n) is 1.38. The zero-order chi connectivity index (χ0) is 7.11. The highest BCUT2D eigenvalue weighted by atomic mass is 16.3. The Hall–Kier alpha value is -0.0800. The molecule has 9 heavy (non-hydrogen) atoms. The van der Waals surface area contributed by atoms with E-state index in [0.29, 0.717) is 12.5 Å². The maximum Gasteiger partial charge on any atom is 0.0457 e. The first-order chi connectivity index (χ1) is 4.31. The number of hydrogen-bond donors (Lipinski definition) is 2. The van der Waals surface area contributed by atoms with E-state index >= 15 is 0 Å². The molecule has 1 atom stereocenters. The van der Waals surface area contributed by atoms with Gasteiger partial charge in [-0.2, -0.15) is 0 Å². The Balaban J connectivity index is 2.88. The zero-order valence-electron chi connectivity index (χ0n) is 6.35. The van der Waals surface area contributed by atoms with Gasteiger partial charge in [-0.15, -0.1) is 0 Å². The molecule has 0 saturated carbocycles. The molecule has 0 amide bonds. The molecule has 0 aromatic rings. The van der Waals surface area contributed by atoms with Crippen molar-refractivity contribution < 1.29 is 5.11 Å². The second-order valence-corrected chi connectivity index (χ2v) is 2.43. The van der Waals surface area contributed by atoms with Crippen LogP contribution in [-0.2, 0) is 0 Å². The lowest BCUT2D eigenvalue weighted by atomic mass is 10.1. The van der Waals surface area contributed by atoms with Crippen molar-refractivity contribution in [3.05, 3.63) is 0 Å². The molecule has 0 fully saturated rings. The van der Waals surface area contributed by atoms with Crippen LogP contribution in [0.4, 0.5) is 0 Å². The van der Waals surface area contributed by atoms with E-state index in [0.717, 1.165) is 19.5 Å². The monoisotopic (exact) mass is 131 g/mol. The normalized spacial score (nSPS) is 13.7. The number of rotatable bonds is 5. The molecule has 0 aromatic heterocycles. The Bertz CT molecular complexity index is 56.9. The molecular weight excluding hydrogens is 114 g/mol. The van der Waals surface area contributed by atoms with E-state index in [2.05, 4.69) is 19.2 Å². The predicted octanol–water partition coefficient (Wildman–Crippen LogP) is 0.614. The molecule has 0 bridgehead atoms. The van der Waals surface area contributed by atoms with Gasteiger partial charge in [-0.1, -0.05) is 13.8 Å². The quantitative estimate of drug-likeness (QED) is 0.536. The summed E-state index contributed by atoms with van der Waals surface area (Å²) in [4.78, 5) is 0. The average molecular weight is 131 g/mol. The second kappa shape index (κ2) is 6.05. The van der Waals surface area contributed by atoms with E-state index in [1.807, 2.05) is 0 Å². The van der Waals surface area contributed by atoms with Crippen LogP contribution in [0.25, 0.3) is 0 Å². The van der Waals surface area contributed by atoms with Gasteiger partial charge in [-0.3, -0.25) is 0 Å². The van der Waals surface area contributed by atoms with Crippen molar-refractivity contribution in [2.45, 2.75) is 20.3 Å². The Labute approximate surface area is 57.3 Å². The van der Waals surface area contributed by atoms with Crippen LogP contribution in [0.1, 0.15) is 20.3 Å². The van der Waals surface area contributed by atoms with Gasteiger partial charge in [0.25, 0.3) is 0 Å². The molecule has 0 spiro atoms. The maximum absolute atomic E-state index is 8.61. The SMILES string of the molecule is CCNCCC(C)CO. The minimum Gasteiger partial charge on any atom is -0.396 e. The van der Waals surface area contributed by atoms with Gasteiger partial charge >= 0.3 is 0 Å². The van der Waals surface area contributed by atoms with Crippen molar-refractivity contribution in [2.75, 3.05) is 19.7 Å². The van der Waals surface area contributed by atoms with Gasteiger partial charge in [0.1, 0.15) is 0 Å². The highest BCUT2D eigenvalue weighted by molar-refractivity contribution is 4.51. The Morgan fingerprint density at radius 3 is 2.67 bits per heavy atom. The molecule has 2 nitrogen and oxygen atoms in total. The highest BCUT2D eigenvalue weighted by Gasteiger charge is 1.96. The van der Waals surface area contributed by atoms with E-state index < -0.39 is 0 Å². The summed E-state index contributed by atoms with van der Waals surface area (Å²) in [5.41, 5.74) is 0. The molecule has 0 aliphatic carbocycles. The summed E-state index contributed by atoms with van der Waals surface area (Å²) in [7, 11) is 0. The van der Waals surface area contributed by atoms with Gasteiger partial charge in [-0.05, 0) is 25.4 Å². The van der Waals surface area contributed by atoms with Crippen molar-refractivity contribution in [2.24, 2.45) is 5.92 Å². The van der Waals surface area contributed by atoms with E-state index in [1.165, 1.54) is 0 Å². The Morgan fingerprint density at radius 1 is 1.56 bits per heavy atom. The molecule has 2 heteroatoms. The van der Waals surface area contributed by atoms with Crippen molar-refractivity contribution >= 4 is 0 Å². The lowest BCUT2D eigenvalue weighted by Gasteiger charge is -2.06. The first kappa shape index (κ1) is 8.92. The third-order valence-corrected chi connectivity index (χ3v) is 1.38. The van der Waals surface area contributed by atoms with Crippen molar-refractivity contribution in [3.63, 3.8) is 0 Å². The Morgan fingerprint density at radius 2 is 2.22 bits per heavy atom. The summed E-state index contributed by atoms with van der Waals surface area (Å²) in [6.07, 6.45) is 1.07. The van der Waals surface area contributed by atoms with Crippen LogP contribution >= 0.6 is 0 Å². The van der Waals surface area contributed by atoms with Gasteiger partial charge in [0.15, 0.2) is 0 Å². The van der Waals surface area contributed by atoms with Crippen LogP contribution in [0.15, 0.2) is 0 Å². The summed E-state index contributed by atoms with van der Waals surface area (Å²) >= 11 is 0. The standard InChI is InChI=1S/C7H17NO/c1-3-8-5-4-7(2)6-9/h7-9H,3-6H2,1-2H3. The molecule has 0 aliphatic rings. The topological polar surface area (TPSA) is 32.3 Å². The van der Waals surface area contributed by atoms with Gasteiger partial charge < -0.3 is 10.4 Å². The highest BCUT2D eigenvalue weighted by Crippen LogP contribution is 1.96. The molecule has 0 saturated heterocycles. The van der Waals surface area contributed by atoms with E-state index in [9.17, 15) is 0 Å². The van der Waals surface area contributed by atoms with Gasteiger partial charge in [0, 0.05) is 6.61 Å². The molecule has 0 aliphatic heterocycles. The van der Waals surface area contributed by atoms with Crippen molar-refractivity contribution in [3.8, 4) is 0 Å². The number of hydrogen-bond acceptors (Lipinski definition) is 2. The van der Waals surface area contributed by atoms with Crippen LogP contribution in [0.2, 0.25) is 0 Å². The largest absolute Gasteiger partial charge is 0.396 e. The summed E-state index contributed by atoms with van der Waals surface area (Å²) in [6.45, 7) is 6.50. The average Bonchev–Trinajstić information content (AvgIpc) is 1.89. The molecule has 0 aromatic carbocycles. The minimum atomic E-state index is 0.311. The maximum atomic E-state index is 8.61. The second-order valence-electron chi connectivity index (χ2n) is 2.43.